The van der Waals surface area contributed by atoms with Crippen molar-refractivity contribution in [3.05, 3.63) is 47.7 Å². The molecule has 2 fully saturated rings. The molecule has 4 aromatic rings. The quantitative estimate of drug-likeness (QED) is 0.269. The van der Waals surface area contributed by atoms with Crippen LogP contribution < -0.4 is 9.64 Å². The highest BCUT2D eigenvalue weighted by Gasteiger charge is 2.44. The zero-order valence-corrected chi connectivity index (χ0v) is 25.7. The number of β-amino-alcohol motifs (C(OH)–C–C–N with tert-alkyl or cyclic N) is 1. The third kappa shape index (κ3) is 5.76. The number of aliphatic hydroxyl groups is 1. The molecule has 0 unspecified atom stereocenters. The van der Waals surface area contributed by atoms with E-state index in [1.54, 1.807) is 6.07 Å². The highest BCUT2D eigenvalue weighted by atomic mass is 19.1. The van der Waals surface area contributed by atoms with Crippen LogP contribution in [0.3, 0.4) is 0 Å². The number of phenolic OH excluding ortho intramolecular Hbond substituents is 1. The van der Waals surface area contributed by atoms with Crippen molar-refractivity contribution in [2.45, 2.75) is 45.1 Å². The van der Waals surface area contributed by atoms with E-state index in [-0.39, 0.29) is 47.1 Å². The second-order valence-electron chi connectivity index (χ2n) is 12.6. The molecule has 1 aliphatic carbocycles. The summed E-state index contributed by atoms with van der Waals surface area (Å²) in [4.78, 5) is 17.8. The first kappa shape index (κ1) is 30.4. The number of aromatic hydroxyl groups is 1. The van der Waals surface area contributed by atoms with Gasteiger partial charge in [0.15, 0.2) is 5.82 Å². The van der Waals surface area contributed by atoms with Crippen molar-refractivity contribution in [3.8, 4) is 23.0 Å². The summed E-state index contributed by atoms with van der Waals surface area (Å²) in [6, 6.07) is 5.88. The summed E-state index contributed by atoms with van der Waals surface area (Å²) in [6.45, 7) is 6.11. The lowest BCUT2D eigenvalue weighted by molar-refractivity contribution is -0.0284. The molecule has 11 heteroatoms. The van der Waals surface area contributed by atoms with Gasteiger partial charge in [-0.05, 0) is 74.3 Å². The molecule has 2 N–H and O–H groups in total. The number of aryl methyl sites for hydroxylation is 1. The van der Waals surface area contributed by atoms with Gasteiger partial charge < -0.3 is 29.5 Å². The summed E-state index contributed by atoms with van der Waals surface area (Å²) in [6.07, 6.45) is 4.36. The Kier molecular flexibility index (Phi) is 8.06. The SMILES string of the molecule is CCc1c(F)ccc2cc(O)cc(-c3ncc4c(N5CCOC[C@](O)(CC)C5)nc(OCC5(CN(C)C)CC5)nc4c3F)c12. The number of hydrogen-bond donors (Lipinski definition) is 2. The molecular formula is C33H39F2N5O4. The van der Waals surface area contributed by atoms with Crippen LogP contribution in [0.15, 0.2) is 30.5 Å². The van der Waals surface area contributed by atoms with E-state index < -0.39 is 17.2 Å². The molecule has 0 radical (unpaired) electrons. The number of hydrogen-bond acceptors (Lipinski definition) is 9. The van der Waals surface area contributed by atoms with Crippen LogP contribution in [0.4, 0.5) is 14.6 Å². The molecule has 44 heavy (non-hydrogen) atoms. The summed E-state index contributed by atoms with van der Waals surface area (Å²) in [5, 5.41) is 23.1. The van der Waals surface area contributed by atoms with Gasteiger partial charge in [0, 0.05) is 30.3 Å². The monoisotopic (exact) mass is 607 g/mol. The molecule has 0 amide bonds. The average Bonchev–Trinajstić information content (AvgIpc) is 3.79. The molecule has 2 aromatic carbocycles. The predicted octanol–water partition coefficient (Wildman–Crippen LogP) is 5.09. The maximum atomic E-state index is 16.8. The summed E-state index contributed by atoms with van der Waals surface area (Å²) in [5.41, 5.74) is -0.529. The molecule has 234 valence electrons. The minimum absolute atomic E-state index is 0.00998. The predicted molar refractivity (Wildman–Crippen MR) is 165 cm³/mol. The van der Waals surface area contributed by atoms with Crippen molar-refractivity contribution in [1.29, 1.82) is 0 Å². The van der Waals surface area contributed by atoms with E-state index in [1.807, 2.05) is 32.8 Å². The first-order valence-electron chi connectivity index (χ1n) is 15.2. The highest BCUT2D eigenvalue weighted by molar-refractivity contribution is 6.01. The summed E-state index contributed by atoms with van der Waals surface area (Å²) < 4.78 is 43.6. The number of anilines is 1. The zero-order chi connectivity index (χ0) is 31.2. The molecule has 0 bridgehead atoms. The normalized spacial score (nSPS) is 20.0. The minimum Gasteiger partial charge on any atom is -0.508 e. The third-order valence-corrected chi connectivity index (χ3v) is 8.84. The van der Waals surface area contributed by atoms with Crippen molar-refractivity contribution >= 4 is 27.5 Å². The topological polar surface area (TPSA) is 104 Å². The van der Waals surface area contributed by atoms with Crippen LogP contribution in [0.5, 0.6) is 11.8 Å². The molecule has 6 rings (SSSR count). The minimum atomic E-state index is -1.12. The molecule has 0 spiro atoms. The Morgan fingerprint density at radius 3 is 2.64 bits per heavy atom. The number of rotatable bonds is 9. The Labute approximate surface area is 255 Å². The van der Waals surface area contributed by atoms with Crippen LogP contribution in [-0.2, 0) is 11.2 Å². The number of benzene rings is 2. The summed E-state index contributed by atoms with van der Waals surface area (Å²) in [5.74, 6) is -0.847. The average molecular weight is 608 g/mol. The van der Waals surface area contributed by atoms with E-state index in [4.69, 9.17) is 14.5 Å². The van der Waals surface area contributed by atoms with Crippen molar-refractivity contribution < 1.29 is 28.5 Å². The molecule has 2 aliphatic rings. The fraction of sp³-hybridized carbons (Fsp3) is 0.485. The second kappa shape index (κ2) is 11.7. The molecule has 1 atom stereocenters. The van der Waals surface area contributed by atoms with Crippen molar-refractivity contribution in [3.63, 3.8) is 0 Å². The fourth-order valence-corrected chi connectivity index (χ4v) is 6.27. The number of ether oxygens (including phenoxy) is 2. The van der Waals surface area contributed by atoms with Crippen molar-refractivity contribution in [1.82, 2.24) is 19.9 Å². The molecular weight excluding hydrogens is 568 g/mol. The van der Waals surface area contributed by atoms with Gasteiger partial charge in [-0.25, -0.2) is 8.78 Å². The standard InChI is InChI=1S/C33H39F2N5O4/c1-5-22-25(34)8-7-20-13-21(41)14-23(26(20)22)28-27(35)29-24(15-36-28)30(40-11-12-43-19-33(42,6-2)17-40)38-31(37-29)44-18-32(9-10-32)16-39(3)4/h7-8,13-15,41-42H,5-6,9-12,16-19H2,1-4H3/t33-/m0/s1. The molecule has 2 aromatic heterocycles. The van der Waals surface area contributed by atoms with Crippen LogP contribution >= 0.6 is 0 Å². The van der Waals surface area contributed by atoms with Crippen LogP contribution in [0.1, 0.15) is 38.7 Å². The number of fused-ring (bicyclic) bond motifs is 2. The smallest absolute Gasteiger partial charge is 0.319 e. The van der Waals surface area contributed by atoms with Gasteiger partial charge in [-0.3, -0.25) is 4.98 Å². The van der Waals surface area contributed by atoms with Crippen LogP contribution in [0.2, 0.25) is 0 Å². The van der Waals surface area contributed by atoms with E-state index in [2.05, 4.69) is 14.9 Å². The number of pyridine rings is 1. The van der Waals surface area contributed by atoms with Crippen LogP contribution in [0, 0.1) is 17.0 Å². The van der Waals surface area contributed by atoms with Crippen molar-refractivity contribution in [2.24, 2.45) is 5.41 Å². The third-order valence-electron chi connectivity index (χ3n) is 8.84. The van der Waals surface area contributed by atoms with Gasteiger partial charge in [-0.1, -0.05) is 19.9 Å². The van der Waals surface area contributed by atoms with Crippen molar-refractivity contribution in [2.75, 3.05) is 58.5 Å². The fourth-order valence-electron chi connectivity index (χ4n) is 6.27. The number of nitrogens with zero attached hydrogens (tertiary/aromatic N) is 5. The van der Waals surface area contributed by atoms with E-state index >= 15 is 4.39 Å². The van der Waals surface area contributed by atoms with Gasteiger partial charge >= 0.3 is 6.01 Å². The maximum absolute atomic E-state index is 16.8. The number of aromatic nitrogens is 3. The first-order valence-corrected chi connectivity index (χ1v) is 15.2. The first-order chi connectivity index (χ1) is 21.0. The Hall–Kier alpha value is -3.67. The Bertz CT molecular complexity index is 1710. The van der Waals surface area contributed by atoms with Gasteiger partial charge in [0.05, 0.1) is 31.8 Å². The lowest BCUT2D eigenvalue weighted by atomic mass is 9.94. The van der Waals surface area contributed by atoms with Gasteiger partial charge in [-0.15, -0.1) is 0 Å². The van der Waals surface area contributed by atoms with E-state index in [0.717, 1.165) is 19.4 Å². The molecule has 9 nitrogen and oxygen atoms in total. The van der Waals surface area contributed by atoms with E-state index in [9.17, 15) is 14.6 Å². The van der Waals surface area contributed by atoms with Gasteiger partial charge in [-0.2, -0.15) is 9.97 Å². The lowest BCUT2D eigenvalue weighted by Gasteiger charge is -2.31. The lowest BCUT2D eigenvalue weighted by Crippen LogP contribution is -2.44. The zero-order valence-electron chi connectivity index (χ0n) is 25.7. The van der Waals surface area contributed by atoms with Crippen LogP contribution in [0.25, 0.3) is 32.9 Å². The molecule has 1 saturated carbocycles. The Morgan fingerprint density at radius 1 is 1.14 bits per heavy atom. The van der Waals surface area contributed by atoms with Gasteiger partial charge in [0.1, 0.15) is 34.2 Å². The maximum Gasteiger partial charge on any atom is 0.319 e. The Morgan fingerprint density at radius 2 is 1.93 bits per heavy atom. The largest absolute Gasteiger partial charge is 0.508 e. The van der Waals surface area contributed by atoms with Crippen LogP contribution in [-0.4, -0.2) is 89.2 Å². The number of halogens is 2. The second-order valence-corrected chi connectivity index (χ2v) is 12.6. The van der Waals surface area contributed by atoms with E-state index in [1.165, 1.54) is 24.4 Å². The molecule has 1 aliphatic heterocycles. The highest BCUT2D eigenvalue weighted by Crippen LogP contribution is 2.46. The molecule has 1 saturated heterocycles. The summed E-state index contributed by atoms with van der Waals surface area (Å²) >= 11 is 0. The molecule has 3 heterocycles. The Balaban J connectivity index is 1.52. The summed E-state index contributed by atoms with van der Waals surface area (Å²) in [7, 11) is 4.04. The number of phenols is 1. The van der Waals surface area contributed by atoms with Gasteiger partial charge in [0.2, 0.25) is 0 Å². The van der Waals surface area contributed by atoms with Gasteiger partial charge in [0.25, 0.3) is 0 Å². The van der Waals surface area contributed by atoms with E-state index in [0.29, 0.717) is 60.1 Å².